The van der Waals surface area contributed by atoms with E-state index >= 15 is 0 Å². The molecule has 9 nitrogen and oxygen atoms in total. The van der Waals surface area contributed by atoms with Crippen LogP contribution < -0.4 is 0 Å². The van der Waals surface area contributed by atoms with E-state index in [0.29, 0.717) is 48.9 Å². The topological polar surface area (TPSA) is 103 Å². The first-order chi connectivity index (χ1) is 13.4. The minimum Gasteiger partial charge on any atom is -0.381 e. The molecule has 0 bridgehead atoms. The van der Waals surface area contributed by atoms with E-state index in [-0.39, 0.29) is 5.03 Å². The van der Waals surface area contributed by atoms with E-state index in [1.54, 1.807) is 29.0 Å². The quantitative estimate of drug-likeness (QED) is 0.714. The molecule has 4 rings (SSSR count). The fraction of sp³-hybridized carbons (Fsp3) is 0.722. The lowest BCUT2D eigenvalue weighted by molar-refractivity contribution is 0.0778. The van der Waals surface area contributed by atoms with Crippen LogP contribution in [0.4, 0.5) is 0 Å². The Morgan fingerprint density at radius 2 is 2.00 bits per heavy atom. The van der Waals surface area contributed by atoms with Crippen molar-refractivity contribution in [3.63, 3.8) is 0 Å². The molecule has 1 atom stereocenters. The Balaban J connectivity index is 1.32. The van der Waals surface area contributed by atoms with Gasteiger partial charge in [0.05, 0.1) is 0 Å². The number of aryl methyl sites for hydroxylation is 3. The molecule has 2 aromatic rings. The van der Waals surface area contributed by atoms with Crippen LogP contribution in [-0.2, 0) is 28.2 Å². The van der Waals surface area contributed by atoms with Crippen LogP contribution in [0.25, 0.3) is 0 Å². The highest BCUT2D eigenvalue weighted by atomic mass is 32.2. The maximum Gasteiger partial charge on any atom is 0.262 e. The smallest absolute Gasteiger partial charge is 0.262 e. The van der Waals surface area contributed by atoms with Crippen LogP contribution in [-0.4, -0.2) is 58.7 Å². The van der Waals surface area contributed by atoms with Gasteiger partial charge in [-0.15, -0.1) is 0 Å². The first-order valence-corrected chi connectivity index (χ1v) is 11.3. The normalized spacial score (nSPS) is 22.1. The van der Waals surface area contributed by atoms with Gasteiger partial charge in [0, 0.05) is 51.9 Å². The predicted octanol–water partition coefficient (Wildman–Crippen LogP) is 1.65. The zero-order chi connectivity index (χ0) is 19.7. The SMILES string of the molecule is Cc1nc(S(=O)(=O)N2CCC(CCc3noc(C4CCOCC4)n3)C2)cn1C. The summed E-state index contributed by atoms with van der Waals surface area (Å²) < 4.78 is 39.7. The Bertz CT molecular complexity index is 897. The molecule has 2 fully saturated rings. The molecule has 2 aromatic heterocycles. The van der Waals surface area contributed by atoms with Crippen molar-refractivity contribution < 1.29 is 17.7 Å². The van der Waals surface area contributed by atoms with Gasteiger partial charge >= 0.3 is 0 Å². The van der Waals surface area contributed by atoms with Crippen molar-refractivity contribution in [2.24, 2.45) is 13.0 Å². The van der Waals surface area contributed by atoms with E-state index in [4.69, 9.17) is 9.26 Å². The van der Waals surface area contributed by atoms with E-state index in [0.717, 1.165) is 38.9 Å². The molecule has 0 saturated carbocycles. The van der Waals surface area contributed by atoms with Gasteiger partial charge in [-0.2, -0.15) is 9.29 Å². The van der Waals surface area contributed by atoms with Crippen LogP contribution in [0.5, 0.6) is 0 Å². The van der Waals surface area contributed by atoms with Crippen molar-refractivity contribution in [3.05, 3.63) is 23.7 Å². The van der Waals surface area contributed by atoms with Crippen LogP contribution in [0.1, 0.15) is 49.1 Å². The Labute approximate surface area is 165 Å². The molecular formula is C18H27N5O4S. The third-order valence-electron chi connectivity index (χ3n) is 5.77. The summed E-state index contributed by atoms with van der Waals surface area (Å²) in [5.74, 6) is 2.70. The maximum absolute atomic E-state index is 12.8. The summed E-state index contributed by atoms with van der Waals surface area (Å²) in [6.45, 7) is 4.32. The zero-order valence-corrected chi connectivity index (χ0v) is 17.2. The second-order valence-corrected chi connectivity index (χ2v) is 9.61. The van der Waals surface area contributed by atoms with Gasteiger partial charge < -0.3 is 13.8 Å². The van der Waals surface area contributed by atoms with Crippen molar-refractivity contribution in [1.29, 1.82) is 0 Å². The standard InChI is InChI=1S/C18H27N5O4S/c1-13-19-17(12-22(13)2)28(24,25)23-8-5-14(11-23)3-4-16-20-18(27-21-16)15-6-9-26-10-7-15/h12,14-15H,3-11H2,1-2H3. The molecule has 154 valence electrons. The van der Waals surface area contributed by atoms with Gasteiger partial charge in [-0.3, -0.25) is 0 Å². The van der Waals surface area contributed by atoms with Gasteiger partial charge in [-0.1, -0.05) is 5.16 Å². The molecule has 0 aromatic carbocycles. The van der Waals surface area contributed by atoms with E-state index in [1.165, 1.54) is 0 Å². The molecule has 0 radical (unpaired) electrons. The van der Waals surface area contributed by atoms with E-state index < -0.39 is 10.0 Å². The molecule has 0 amide bonds. The Morgan fingerprint density at radius 1 is 1.21 bits per heavy atom. The second-order valence-electron chi connectivity index (χ2n) is 7.73. The van der Waals surface area contributed by atoms with Gasteiger partial charge in [-0.25, -0.2) is 13.4 Å². The molecule has 0 aliphatic carbocycles. The molecule has 2 saturated heterocycles. The van der Waals surface area contributed by atoms with Crippen LogP contribution in [0.15, 0.2) is 15.7 Å². The summed E-state index contributed by atoms with van der Waals surface area (Å²) in [5, 5.41) is 4.24. The van der Waals surface area contributed by atoms with Crippen molar-refractivity contribution >= 4 is 10.0 Å². The van der Waals surface area contributed by atoms with E-state index in [2.05, 4.69) is 15.1 Å². The molecule has 0 spiro atoms. The highest BCUT2D eigenvalue weighted by Gasteiger charge is 2.34. The van der Waals surface area contributed by atoms with E-state index in [9.17, 15) is 8.42 Å². The Morgan fingerprint density at radius 3 is 2.71 bits per heavy atom. The number of nitrogens with zero attached hydrogens (tertiary/aromatic N) is 5. The lowest BCUT2D eigenvalue weighted by Gasteiger charge is -2.17. The van der Waals surface area contributed by atoms with Crippen molar-refractivity contribution in [3.8, 4) is 0 Å². The lowest BCUT2D eigenvalue weighted by Crippen LogP contribution is -2.29. The summed E-state index contributed by atoms with van der Waals surface area (Å²) >= 11 is 0. The molecule has 2 aliphatic heterocycles. The van der Waals surface area contributed by atoms with Gasteiger partial charge in [0.25, 0.3) is 10.0 Å². The number of hydrogen-bond acceptors (Lipinski definition) is 7. The molecule has 1 unspecified atom stereocenters. The third kappa shape index (κ3) is 3.99. The van der Waals surface area contributed by atoms with Crippen molar-refractivity contribution in [1.82, 2.24) is 24.0 Å². The predicted molar refractivity (Wildman–Crippen MR) is 100 cm³/mol. The van der Waals surface area contributed by atoms with Crippen molar-refractivity contribution in [2.75, 3.05) is 26.3 Å². The Kier molecular flexibility index (Phi) is 5.52. The minimum absolute atomic E-state index is 0.132. The fourth-order valence-electron chi connectivity index (χ4n) is 3.85. The van der Waals surface area contributed by atoms with Crippen LogP contribution >= 0.6 is 0 Å². The molecule has 0 N–H and O–H groups in total. The number of aromatic nitrogens is 4. The fourth-order valence-corrected chi connectivity index (χ4v) is 5.40. The Hall–Kier alpha value is -1.78. The lowest BCUT2D eigenvalue weighted by atomic mass is 10.0. The average Bonchev–Trinajstić information content (AvgIpc) is 3.42. The largest absolute Gasteiger partial charge is 0.381 e. The summed E-state index contributed by atoms with van der Waals surface area (Å²) in [4.78, 5) is 8.73. The summed E-state index contributed by atoms with van der Waals surface area (Å²) in [5.41, 5.74) is 0. The number of rotatable bonds is 6. The summed E-state index contributed by atoms with van der Waals surface area (Å²) in [6.07, 6.45) is 5.81. The first-order valence-electron chi connectivity index (χ1n) is 9.84. The highest BCUT2D eigenvalue weighted by molar-refractivity contribution is 7.89. The summed E-state index contributed by atoms with van der Waals surface area (Å²) in [6, 6.07) is 0. The number of imidazole rings is 1. The first kappa shape index (κ1) is 19.5. The summed E-state index contributed by atoms with van der Waals surface area (Å²) in [7, 11) is -1.73. The number of ether oxygens (including phenoxy) is 1. The zero-order valence-electron chi connectivity index (χ0n) is 16.4. The third-order valence-corrected chi connectivity index (χ3v) is 7.51. The minimum atomic E-state index is -3.53. The van der Waals surface area contributed by atoms with Gasteiger partial charge in [0.15, 0.2) is 10.9 Å². The van der Waals surface area contributed by atoms with E-state index in [1.807, 2.05) is 0 Å². The molecule has 10 heteroatoms. The van der Waals surface area contributed by atoms with Crippen LogP contribution in [0.2, 0.25) is 0 Å². The molecule has 4 heterocycles. The molecular weight excluding hydrogens is 382 g/mol. The van der Waals surface area contributed by atoms with Crippen LogP contribution in [0.3, 0.4) is 0 Å². The maximum atomic E-state index is 12.8. The van der Waals surface area contributed by atoms with Crippen molar-refractivity contribution in [2.45, 2.75) is 50.0 Å². The number of sulfonamides is 1. The van der Waals surface area contributed by atoms with Gasteiger partial charge in [-0.05, 0) is 38.5 Å². The molecule has 28 heavy (non-hydrogen) atoms. The number of hydrogen-bond donors (Lipinski definition) is 0. The van der Waals surface area contributed by atoms with Gasteiger partial charge in [0.2, 0.25) is 5.89 Å². The van der Waals surface area contributed by atoms with Crippen LogP contribution in [0, 0.1) is 12.8 Å². The molecule has 2 aliphatic rings. The highest BCUT2D eigenvalue weighted by Crippen LogP contribution is 2.28. The second kappa shape index (κ2) is 7.92. The average molecular weight is 410 g/mol. The monoisotopic (exact) mass is 409 g/mol. The van der Waals surface area contributed by atoms with Gasteiger partial charge in [0.1, 0.15) is 5.82 Å².